The van der Waals surface area contributed by atoms with Crippen LogP contribution in [-0.4, -0.2) is 22.0 Å². The first-order valence-electron chi connectivity index (χ1n) is 20.2. The van der Waals surface area contributed by atoms with E-state index >= 15 is 0 Å². The van der Waals surface area contributed by atoms with Gasteiger partial charge in [-0.15, -0.1) is 0 Å². The Hall–Kier alpha value is -0.160. The van der Waals surface area contributed by atoms with E-state index in [1.165, 1.54) is 133 Å². The zero-order valence-corrected chi connectivity index (χ0v) is 34.4. The maximum atomic E-state index is 5.78. The van der Waals surface area contributed by atoms with Gasteiger partial charge in [0.15, 0.2) is 0 Å². The quantitative estimate of drug-likeness (QED) is 0.0538. The van der Waals surface area contributed by atoms with Crippen LogP contribution in [0.4, 0.5) is 0 Å². The first-order chi connectivity index (χ1) is 23.5. The zero-order chi connectivity index (χ0) is 34.5. The Morgan fingerprint density at radius 3 is 1.48 bits per heavy atom. The van der Waals surface area contributed by atoms with E-state index in [-0.39, 0.29) is 21.3 Å². The summed E-state index contributed by atoms with van der Waals surface area (Å²) >= 11 is 21.9. The standard InChI is InChI=1S/C44H72S4/c1-3-5-7-9-11-13-15-17-25-31-40(47)43(36-46)34-33-38(35-45)42(37-27-21-19-22-28-37)44(43,39-29-23-20-24-30-39)41(48)32-26-18-16-14-12-10-8-6-4-2/h19-24,27-30,38,40-42,45-48H,3-18,25-26,31-36H2,1-2H3. The molecule has 2 aromatic carbocycles. The van der Waals surface area contributed by atoms with Crippen LogP contribution < -0.4 is 0 Å². The van der Waals surface area contributed by atoms with Gasteiger partial charge in [-0.1, -0.05) is 190 Å². The van der Waals surface area contributed by atoms with E-state index in [9.17, 15) is 0 Å². The summed E-state index contributed by atoms with van der Waals surface area (Å²) in [5, 5.41) is 0.479. The highest BCUT2D eigenvalue weighted by Crippen LogP contribution is 2.67. The van der Waals surface area contributed by atoms with Gasteiger partial charge in [0.05, 0.1) is 0 Å². The fourth-order valence-corrected chi connectivity index (χ4v) is 11.9. The minimum atomic E-state index is -0.196. The molecule has 0 amide bonds. The van der Waals surface area contributed by atoms with Gasteiger partial charge in [0.25, 0.3) is 0 Å². The fraction of sp³-hybridized carbons (Fsp3) is 0.727. The van der Waals surface area contributed by atoms with Gasteiger partial charge >= 0.3 is 0 Å². The molecule has 272 valence electrons. The van der Waals surface area contributed by atoms with Gasteiger partial charge < -0.3 is 0 Å². The van der Waals surface area contributed by atoms with Crippen LogP contribution in [0.15, 0.2) is 60.7 Å². The van der Waals surface area contributed by atoms with E-state index < -0.39 is 0 Å². The SMILES string of the molecule is CCCCCCCCCCCC(S)C1(CS)CCC(CS)C(c2ccccc2)C1(c1ccccc1)C(S)CCCCCCCCCCC. The summed E-state index contributed by atoms with van der Waals surface area (Å²) in [5.74, 6) is 2.53. The highest BCUT2D eigenvalue weighted by molar-refractivity contribution is 7.82. The largest absolute Gasteiger partial charge is 0.179 e. The lowest BCUT2D eigenvalue weighted by molar-refractivity contribution is 0.0193. The van der Waals surface area contributed by atoms with Gasteiger partial charge in [-0.25, -0.2) is 0 Å². The van der Waals surface area contributed by atoms with Crippen molar-refractivity contribution in [3.8, 4) is 0 Å². The predicted molar refractivity (Wildman–Crippen MR) is 229 cm³/mol. The topological polar surface area (TPSA) is 0 Å². The molecule has 2 aromatic rings. The third-order valence-electron chi connectivity index (χ3n) is 12.0. The highest BCUT2D eigenvalue weighted by Gasteiger charge is 2.64. The lowest BCUT2D eigenvalue weighted by Crippen LogP contribution is -2.64. The number of thiol groups is 4. The van der Waals surface area contributed by atoms with Gasteiger partial charge in [0.2, 0.25) is 0 Å². The number of hydrogen-bond donors (Lipinski definition) is 4. The summed E-state index contributed by atoms with van der Waals surface area (Å²) in [7, 11) is 0. The van der Waals surface area contributed by atoms with E-state index in [4.69, 9.17) is 50.5 Å². The summed E-state index contributed by atoms with van der Waals surface area (Å²) in [6.07, 6.45) is 29.0. The van der Waals surface area contributed by atoms with E-state index in [0.29, 0.717) is 11.8 Å². The normalized spacial score (nSPS) is 24.0. The first-order valence-corrected chi connectivity index (χ1v) is 22.5. The Morgan fingerprint density at radius 2 is 1.02 bits per heavy atom. The monoisotopic (exact) mass is 728 g/mol. The Kier molecular flexibility index (Phi) is 21.3. The molecule has 1 fully saturated rings. The summed E-state index contributed by atoms with van der Waals surface area (Å²) in [4.78, 5) is 0. The minimum absolute atomic E-state index is 0.0770. The van der Waals surface area contributed by atoms with Crippen molar-refractivity contribution in [1.29, 1.82) is 0 Å². The van der Waals surface area contributed by atoms with Crippen LogP contribution in [0.1, 0.15) is 172 Å². The van der Waals surface area contributed by atoms with Crippen LogP contribution in [0, 0.1) is 11.3 Å². The van der Waals surface area contributed by atoms with E-state index in [2.05, 4.69) is 74.5 Å². The smallest absolute Gasteiger partial charge is 0.0215 e. The molecule has 0 aliphatic heterocycles. The molecular formula is C44H72S4. The average molecular weight is 729 g/mol. The second kappa shape index (κ2) is 24.2. The Labute approximate surface area is 320 Å². The maximum Gasteiger partial charge on any atom is 0.0215 e. The molecule has 0 saturated heterocycles. The van der Waals surface area contributed by atoms with E-state index in [0.717, 1.165) is 30.8 Å². The molecular weight excluding hydrogens is 657 g/mol. The zero-order valence-electron chi connectivity index (χ0n) is 30.8. The second-order valence-electron chi connectivity index (χ2n) is 15.2. The Bertz CT molecular complexity index is 1060. The predicted octanol–water partition coefficient (Wildman–Crippen LogP) is 14.4. The highest BCUT2D eigenvalue weighted by atomic mass is 32.1. The molecule has 1 saturated carbocycles. The molecule has 6 atom stereocenters. The molecule has 48 heavy (non-hydrogen) atoms. The maximum absolute atomic E-state index is 5.78. The van der Waals surface area contributed by atoms with Crippen molar-refractivity contribution >= 4 is 50.5 Å². The molecule has 0 aromatic heterocycles. The van der Waals surface area contributed by atoms with Gasteiger partial charge in [-0.3, -0.25) is 0 Å². The molecule has 0 nitrogen and oxygen atoms in total. The molecule has 1 aliphatic carbocycles. The molecule has 0 heterocycles. The van der Waals surface area contributed by atoms with Crippen LogP contribution in [0.3, 0.4) is 0 Å². The van der Waals surface area contributed by atoms with Crippen molar-refractivity contribution in [2.75, 3.05) is 11.5 Å². The second-order valence-corrected chi connectivity index (χ2v) is 17.1. The number of hydrogen-bond acceptors (Lipinski definition) is 4. The van der Waals surface area contributed by atoms with Gasteiger partial charge in [0.1, 0.15) is 0 Å². The third-order valence-corrected chi connectivity index (χ3v) is 14.5. The van der Waals surface area contributed by atoms with Crippen molar-refractivity contribution in [2.45, 2.75) is 177 Å². The van der Waals surface area contributed by atoms with Crippen LogP contribution in [0.2, 0.25) is 0 Å². The Morgan fingerprint density at radius 1 is 0.583 bits per heavy atom. The van der Waals surface area contributed by atoms with Gasteiger partial charge in [-0.05, 0) is 60.2 Å². The molecule has 0 bridgehead atoms. The molecule has 6 unspecified atom stereocenters. The number of rotatable bonds is 26. The van der Waals surface area contributed by atoms with E-state index in [1.807, 2.05) is 0 Å². The lowest BCUT2D eigenvalue weighted by atomic mass is 9.43. The first kappa shape index (κ1) is 42.3. The average Bonchev–Trinajstić information content (AvgIpc) is 3.13. The van der Waals surface area contributed by atoms with Gasteiger partial charge in [0, 0.05) is 21.3 Å². The lowest BCUT2D eigenvalue weighted by Gasteiger charge is -2.64. The van der Waals surface area contributed by atoms with Crippen molar-refractivity contribution in [2.24, 2.45) is 11.3 Å². The number of benzene rings is 2. The molecule has 0 N–H and O–H groups in total. The van der Waals surface area contributed by atoms with Crippen molar-refractivity contribution in [1.82, 2.24) is 0 Å². The summed E-state index contributed by atoms with van der Waals surface area (Å²) < 4.78 is 0. The Balaban J connectivity index is 1.92. The van der Waals surface area contributed by atoms with Crippen LogP contribution >= 0.6 is 50.5 Å². The summed E-state index contributed by atoms with van der Waals surface area (Å²) in [6, 6.07) is 23.0. The van der Waals surface area contributed by atoms with E-state index in [1.54, 1.807) is 0 Å². The molecule has 1 aliphatic rings. The van der Waals surface area contributed by atoms with Crippen LogP contribution in [0.5, 0.6) is 0 Å². The molecule has 0 spiro atoms. The van der Waals surface area contributed by atoms with Crippen molar-refractivity contribution < 1.29 is 0 Å². The van der Waals surface area contributed by atoms with Crippen LogP contribution in [-0.2, 0) is 5.41 Å². The van der Waals surface area contributed by atoms with Crippen molar-refractivity contribution in [3.63, 3.8) is 0 Å². The molecule has 4 heteroatoms. The minimum Gasteiger partial charge on any atom is -0.179 e. The summed E-state index contributed by atoms with van der Waals surface area (Å²) in [6.45, 7) is 4.61. The summed E-state index contributed by atoms with van der Waals surface area (Å²) in [5.41, 5.74) is 2.62. The fourth-order valence-electron chi connectivity index (χ4n) is 9.36. The van der Waals surface area contributed by atoms with Gasteiger partial charge in [-0.2, -0.15) is 50.5 Å². The van der Waals surface area contributed by atoms with Crippen molar-refractivity contribution in [3.05, 3.63) is 71.8 Å². The number of unbranched alkanes of at least 4 members (excludes halogenated alkanes) is 16. The molecule has 0 radical (unpaired) electrons. The van der Waals surface area contributed by atoms with Crippen LogP contribution in [0.25, 0.3) is 0 Å². The third kappa shape index (κ3) is 11.4. The molecule has 3 rings (SSSR count).